The maximum Gasteiger partial charge on any atom is 0.306 e. The number of benzene rings is 1. The number of halogens is 1. The smallest absolute Gasteiger partial charge is 0.306 e. The molecular weight excluding hydrogens is 317 g/mol. The van der Waals surface area contributed by atoms with Crippen molar-refractivity contribution < 1.29 is 18.9 Å². The van der Waals surface area contributed by atoms with Gasteiger partial charge in [-0.25, -0.2) is 0 Å². The highest BCUT2D eigenvalue weighted by Crippen LogP contribution is 2.29. The number of rotatable bonds is 5. The molecule has 1 aromatic carbocycles. The van der Waals surface area contributed by atoms with Crippen LogP contribution in [0, 0.1) is 27.8 Å². The summed E-state index contributed by atoms with van der Waals surface area (Å²) in [7, 11) is 0. The highest BCUT2D eigenvalue weighted by molar-refractivity contribution is 6.00. The van der Waals surface area contributed by atoms with E-state index in [9.17, 15) is 24.1 Å². The first-order chi connectivity index (χ1) is 11.2. The topological polar surface area (TPSA) is 92.6 Å². The largest absolute Gasteiger partial charge is 0.353 e. The molecule has 0 bridgehead atoms. The summed E-state index contributed by atoms with van der Waals surface area (Å²) in [6.07, 6.45) is 0.0296. The first-order valence-electron chi connectivity index (χ1n) is 7.75. The van der Waals surface area contributed by atoms with Crippen molar-refractivity contribution in [1.29, 1.82) is 0 Å². The highest BCUT2D eigenvalue weighted by atomic mass is 19.1. The Labute approximate surface area is 139 Å². The lowest BCUT2D eigenvalue weighted by atomic mass is 10.0. The molecule has 2 rings (SSSR count). The number of nitro benzene ring substituents is 1. The van der Waals surface area contributed by atoms with Gasteiger partial charge in [0.05, 0.1) is 16.5 Å². The van der Waals surface area contributed by atoms with Crippen LogP contribution in [0.15, 0.2) is 18.2 Å². The van der Waals surface area contributed by atoms with Crippen molar-refractivity contribution in [2.75, 3.05) is 11.4 Å². The van der Waals surface area contributed by atoms with Crippen molar-refractivity contribution in [2.24, 2.45) is 11.8 Å². The second-order valence-corrected chi connectivity index (χ2v) is 6.34. The normalized spacial score (nSPS) is 18.8. The van der Waals surface area contributed by atoms with Gasteiger partial charge in [0.1, 0.15) is 0 Å². The molecule has 7 nitrogen and oxygen atoms in total. The van der Waals surface area contributed by atoms with E-state index in [1.165, 1.54) is 11.0 Å². The van der Waals surface area contributed by atoms with Gasteiger partial charge >= 0.3 is 5.69 Å². The van der Waals surface area contributed by atoms with Crippen LogP contribution in [0.5, 0.6) is 0 Å². The van der Waals surface area contributed by atoms with Crippen molar-refractivity contribution in [2.45, 2.75) is 33.2 Å². The molecule has 1 aliphatic heterocycles. The SMILES string of the molecule is CC(C)C(C)NC(=O)C1CC(=O)N(c2ccc(F)c([N+](=O)[O-])c2)C1. The van der Waals surface area contributed by atoms with Gasteiger partial charge in [-0.05, 0) is 25.0 Å². The van der Waals surface area contributed by atoms with E-state index in [-0.39, 0.29) is 42.4 Å². The molecule has 1 saturated heterocycles. The summed E-state index contributed by atoms with van der Waals surface area (Å²) in [4.78, 5) is 35.7. The molecule has 24 heavy (non-hydrogen) atoms. The minimum atomic E-state index is -0.963. The van der Waals surface area contributed by atoms with Crippen LogP contribution >= 0.6 is 0 Å². The predicted octanol–water partition coefficient (Wildman–Crippen LogP) is 2.25. The number of amides is 2. The predicted molar refractivity (Wildman–Crippen MR) is 86.0 cm³/mol. The lowest BCUT2D eigenvalue weighted by molar-refractivity contribution is -0.387. The van der Waals surface area contributed by atoms with Crippen LogP contribution in [0.2, 0.25) is 0 Å². The monoisotopic (exact) mass is 337 g/mol. The molecule has 0 aliphatic carbocycles. The van der Waals surface area contributed by atoms with Gasteiger partial charge in [0.2, 0.25) is 17.6 Å². The lowest BCUT2D eigenvalue weighted by Crippen LogP contribution is -2.40. The van der Waals surface area contributed by atoms with Gasteiger partial charge in [-0.3, -0.25) is 19.7 Å². The van der Waals surface area contributed by atoms with E-state index in [0.29, 0.717) is 0 Å². The number of anilines is 1. The van der Waals surface area contributed by atoms with E-state index in [4.69, 9.17) is 0 Å². The molecule has 8 heteroatoms. The Morgan fingerprint density at radius 1 is 1.42 bits per heavy atom. The minimum absolute atomic E-state index is 0.0199. The zero-order chi connectivity index (χ0) is 18.0. The van der Waals surface area contributed by atoms with Gasteiger partial charge in [0.15, 0.2) is 0 Å². The third-order valence-corrected chi connectivity index (χ3v) is 4.30. The molecule has 2 unspecified atom stereocenters. The Kier molecular flexibility index (Phi) is 5.16. The van der Waals surface area contributed by atoms with E-state index in [1.807, 2.05) is 20.8 Å². The molecule has 2 atom stereocenters. The number of hydrogen-bond acceptors (Lipinski definition) is 4. The Bertz CT molecular complexity index is 677. The lowest BCUT2D eigenvalue weighted by Gasteiger charge is -2.20. The molecular formula is C16H20FN3O4. The van der Waals surface area contributed by atoms with Gasteiger partial charge in [0, 0.05) is 25.1 Å². The van der Waals surface area contributed by atoms with Crippen LogP contribution in [-0.2, 0) is 9.59 Å². The van der Waals surface area contributed by atoms with E-state index in [1.54, 1.807) is 0 Å². The number of nitrogens with zero attached hydrogens (tertiary/aromatic N) is 2. The van der Waals surface area contributed by atoms with Crippen LogP contribution in [0.25, 0.3) is 0 Å². The van der Waals surface area contributed by atoms with Crippen LogP contribution < -0.4 is 10.2 Å². The molecule has 1 fully saturated rings. The second-order valence-electron chi connectivity index (χ2n) is 6.34. The Morgan fingerprint density at radius 2 is 2.08 bits per heavy atom. The zero-order valence-electron chi connectivity index (χ0n) is 13.8. The second kappa shape index (κ2) is 6.94. The molecule has 0 radical (unpaired) electrons. The summed E-state index contributed by atoms with van der Waals surface area (Å²) in [6.45, 7) is 5.97. The summed E-state index contributed by atoms with van der Waals surface area (Å²) >= 11 is 0. The third kappa shape index (κ3) is 3.69. The van der Waals surface area contributed by atoms with Crippen LogP contribution in [0.1, 0.15) is 27.2 Å². The molecule has 2 amide bonds. The average molecular weight is 337 g/mol. The van der Waals surface area contributed by atoms with E-state index in [2.05, 4.69) is 5.32 Å². The summed E-state index contributed by atoms with van der Waals surface area (Å²) in [5, 5.41) is 13.7. The fourth-order valence-electron chi connectivity index (χ4n) is 2.45. The van der Waals surface area contributed by atoms with Crippen molar-refractivity contribution in [1.82, 2.24) is 5.32 Å². The zero-order valence-corrected chi connectivity index (χ0v) is 13.8. The summed E-state index contributed by atoms with van der Waals surface area (Å²) < 4.78 is 13.4. The van der Waals surface area contributed by atoms with Crippen molar-refractivity contribution in [3.8, 4) is 0 Å². The van der Waals surface area contributed by atoms with Gasteiger partial charge < -0.3 is 10.2 Å². The summed E-state index contributed by atoms with van der Waals surface area (Å²) in [5.74, 6) is -1.75. The van der Waals surface area contributed by atoms with Crippen molar-refractivity contribution in [3.05, 3.63) is 34.1 Å². The third-order valence-electron chi connectivity index (χ3n) is 4.30. The molecule has 0 aromatic heterocycles. The highest BCUT2D eigenvalue weighted by Gasteiger charge is 2.36. The standard InChI is InChI=1S/C16H20FN3O4/c1-9(2)10(3)18-16(22)11-6-15(21)19(8-11)12-4-5-13(17)14(7-12)20(23)24/h4-5,7,9-11H,6,8H2,1-3H3,(H,18,22). The number of carbonyl (C=O) groups excluding carboxylic acids is 2. The molecule has 130 valence electrons. The molecule has 0 saturated carbocycles. The van der Waals surface area contributed by atoms with Gasteiger partial charge in [-0.2, -0.15) is 4.39 Å². The Hall–Kier alpha value is -2.51. The van der Waals surface area contributed by atoms with Gasteiger partial charge in [0.25, 0.3) is 0 Å². The fraction of sp³-hybridized carbons (Fsp3) is 0.500. The van der Waals surface area contributed by atoms with Crippen molar-refractivity contribution in [3.63, 3.8) is 0 Å². The number of hydrogen-bond donors (Lipinski definition) is 1. The van der Waals surface area contributed by atoms with Crippen molar-refractivity contribution >= 4 is 23.2 Å². The van der Waals surface area contributed by atoms with E-state index in [0.717, 1.165) is 12.1 Å². The fourth-order valence-corrected chi connectivity index (χ4v) is 2.45. The van der Waals surface area contributed by atoms with Gasteiger partial charge in [-0.1, -0.05) is 13.8 Å². The van der Waals surface area contributed by atoms with Crippen LogP contribution in [-0.4, -0.2) is 29.3 Å². The van der Waals surface area contributed by atoms with Crippen LogP contribution in [0.4, 0.5) is 15.8 Å². The summed E-state index contributed by atoms with van der Waals surface area (Å²) in [5.41, 5.74) is -0.470. The van der Waals surface area contributed by atoms with Crippen LogP contribution in [0.3, 0.4) is 0 Å². The minimum Gasteiger partial charge on any atom is -0.353 e. The number of nitro groups is 1. The quantitative estimate of drug-likeness (QED) is 0.659. The average Bonchev–Trinajstić information content (AvgIpc) is 2.89. The Morgan fingerprint density at radius 3 is 2.67 bits per heavy atom. The Balaban J connectivity index is 2.14. The van der Waals surface area contributed by atoms with Gasteiger partial charge in [-0.15, -0.1) is 0 Å². The molecule has 1 aromatic rings. The maximum atomic E-state index is 13.4. The number of nitrogens with one attached hydrogen (secondary N) is 1. The molecule has 1 aliphatic rings. The molecule has 1 heterocycles. The van der Waals surface area contributed by atoms with E-state index >= 15 is 0 Å². The maximum absolute atomic E-state index is 13.4. The first kappa shape index (κ1) is 17.8. The number of carbonyl (C=O) groups is 2. The molecule has 0 spiro atoms. The summed E-state index contributed by atoms with van der Waals surface area (Å²) in [6, 6.07) is 3.25. The first-order valence-corrected chi connectivity index (χ1v) is 7.75. The molecule has 1 N–H and O–H groups in total. The van der Waals surface area contributed by atoms with E-state index < -0.39 is 22.3 Å².